The van der Waals surface area contributed by atoms with Gasteiger partial charge < -0.3 is 9.84 Å². The van der Waals surface area contributed by atoms with E-state index in [0.29, 0.717) is 23.5 Å². The predicted molar refractivity (Wildman–Crippen MR) is 159 cm³/mol. The van der Waals surface area contributed by atoms with Crippen LogP contribution < -0.4 is 10.1 Å². The lowest BCUT2D eigenvalue weighted by Crippen LogP contribution is -2.17. The lowest BCUT2D eigenvalue weighted by Gasteiger charge is -2.21. The van der Waals surface area contributed by atoms with Crippen LogP contribution >= 0.6 is 11.8 Å². The monoisotopic (exact) mass is 571 g/mol. The molecule has 1 aromatic carbocycles. The van der Waals surface area contributed by atoms with E-state index in [-0.39, 0.29) is 17.1 Å². The molecule has 4 rings (SSSR count). The number of esters is 1. The second-order valence-electron chi connectivity index (χ2n) is 11.3. The number of hydrogen-bond acceptors (Lipinski definition) is 6. The Hall–Kier alpha value is -2.61. The molecule has 2 saturated carbocycles. The van der Waals surface area contributed by atoms with E-state index in [1.54, 1.807) is 30.3 Å². The fourth-order valence-electron chi connectivity index (χ4n) is 5.75. The van der Waals surface area contributed by atoms with Crippen molar-refractivity contribution in [3.05, 3.63) is 34.7 Å². The van der Waals surface area contributed by atoms with Crippen LogP contribution in [0.1, 0.15) is 121 Å². The molecule has 2 N–H and O–H groups in total. The summed E-state index contributed by atoms with van der Waals surface area (Å²) in [6.45, 7) is 0. The number of unbranched alkanes of at least 4 members (excludes halogenated alkanes) is 2. The van der Waals surface area contributed by atoms with Crippen molar-refractivity contribution in [1.82, 2.24) is 5.32 Å². The highest BCUT2D eigenvalue weighted by molar-refractivity contribution is 8.18. The molecule has 0 spiro atoms. The number of carboxylic acids is 1. The maximum Gasteiger partial charge on any atom is 0.311 e. The van der Waals surface area contributed by atoms with Crippen molar-refractivity contribution < 1.29 is 29.0 Å². The molecule has 220 valence electrons. The molecule has 2 amide bonds. The minimum Gasteiger partial charge on any atom is -0.481 e. The number of carbonyl (C=O) groups excluding carboxylic acids is 3. The Morgan fingerprint density at radius 2 is 1.38 bits per heavy atom. The molecule has 1 aliphatic heterocycles. The first-order chi connectivity index (χ1) is 19.4. The van der Waals surface area contributed by atoms with Crippen LogP contribution in [0.4, 0.5) is 4.79 Å². The number of hydrogen-bond donors (Lipinski definition) is 2. The van der Waals surface area contributed by atoms with Crippen molar-refractivity contribution in [2.75, 3.05) is 0 Å². The lowest BCUT2D eigenvalue weighted by atomic mass is 9.86. The second-order valence-corrected chi connectivity index (χ2v) is 12.3. The molecule has 3 fully saturated rings. The van der Waals surface area contributed by atoms with Gasteiger partial charge in [0.25, 0.3) is 11.1 Å². The third-order valence-corrected chi connectivity index (χ3v) is 8.81. The zero-order valence-electron chi connectivity index (χ0n) is 23.7. The number of imide groups is 1. The molecule has 1 saturated heterocycles. The summed E-state index contributed by atoms with van der Waals surface area (Å²) in [7, 11) is 0. The largest absolute Gasteiger partial charge is 0.481 e. The Bertz CT molecular complexity index is 993. The van der Waals surface area contributed by atoms with Crippen LogP contribution in [-0.4, -0.2) is 28.2 Å². The van der Waals surface area contributed by atoms with Crippen molar-refractivity contribution in [1.29, 1.82) is 0 Å². The summed E-state index contributed by atoms with van der Waals surface area (Å²) in [5.74, 6) is 1.02. The van der Waals surface area contributed by atoms with Crippen LogP contribution in [0, 0.1) is 11.8 Å². The van der Waals surface area contributed by atoms with Gasteiger partial charge in [-0.15, -0.1) is 0 Å². The Balaban J connectivity index is 0.000000285. The molecule has 40 heavy (non-hydrogen) atoms. The number of nitrogens with one attached hydrogen (secondary N) is 1. The minimum atomic E-state index is -0.649. The smallest absolute Gasteiger partial charge is 0.311 e. The highest BCUT2D eigenvalue weighted by atomic mass is 32.2. The van der Waals surface area contributed by atoms with Crippen molar-refractivity contribution >= 4 is 40.9 Å². The topological polar surface area (TPSA) is 110 Å². The molecule has 0 unspecified atom stereocenters. The van der Waals surface area contributed by atoms with Crippen molar-refractivity contribution in [2.24, 2.45) is 11.8 Å². The van der Waals surface area contributed by atoms with Crippen molar-refractivity contribution in [2.45, 2.75) is 116 Å². The Morgan fingerprint density at radius 1 is 0.825 bits per heavy atom. The maximum atomic E-state index is 12.0. The third kappa shape index (κ3) is 12.7. The molecule has 0 atom stereocenters. The fraction of sp³-hybridized carbons (Fsp3) is 0.625. The number of carbonyl (C=O) groups is 4. The van der Waals surface area contributed by atoms with Crippen LogP contribution in [0.3, 0.4) is 0 Å². The van der Waals surface area contributed by atoms with E-state index in [1.165, 1.54) is 77.0 Å². The van der Waals surface area contributed by atoms with Crippen LogP contribution in [0.5, 0.6) is 5.75 Å². The number of ether oxygens (including phenoxy) is 1. The molecule has 0 radical (unpaired) electrons. The molecular weight excluding hydrogens is 526 g/mol. The van der Waals surface area contributed by atoms with Gasteiger partial charge in [-0.05, 0) is 60.2 Å². The van der Waals surface area contributed by atoms with E-state index in [1.807, 2.05) is 0 Å². The van der Waals surface area contributed by atoms with Gasteiger partial charge in [-0.25, -0.2) is 0 Å². The van der Waals surface area contributed by atoms with Gasteiger partial charge in [0, 0.05) is 12.8 Å². The number of amides is 2. The summed E-state index contributed by atoms with van der Waals surface area (Å²) >= 11 is 0.881. The standard InChI is InChI=1S/C21H25NO4S.C11H20O2/c23-19(9-5-4-8-15-6-2-1-3-7-15)26-17-12-10-16(11-13-17)14-18-20(24)22-21(25)27-18;12-11(13)9-5-4-8-10-6-2-1-3-7-10/h10-15H,1-9H2,(H,22,24,25);10H,1-9H2,(H,12,13)/b18-14-;. The van der Waals surface area contributed by atoms with Gasteiger partial charge in [-0.1, -0.05) is 102 Å². The summed E-state index contributed by atoms with van der Waals surface area (Å²) in [6.07, 6.45) is 22.6. The van der Waals surface area contributed by atoms with Crippen LogP contribution in [0.2, 0.25) is 0 Å². The van der Waals surface area contributed by atoms with Crippen molar-refractivity contribution in [3.63, 3.8) is 0 Å². The molecule has 7 nitrogen and oxygen atoms in total. The normalized spacial score (nSPS) is 19.1. The van der Waals surface area contributed by atoms with E-state index in [2.05, 4.69) is 5.32 Å². The fourth-order valence-corrected chi connectivity index (χ4v) is 6.43. The third-order valence-electron chi connectivity index (χ3n) is 8.00. The lowest BCUT2D eigenvalue weighted by molar-refractivity contribution is -0.137. The van der Waals surface area contributed by atoms with Crippen molar-refractivity contribution in [3.8, 4) is 5.75 Å². The predicted octanol–water partition coefficient (Wildman–Crippen LogP) is 8.27. The number of benzene rings is 1. The molecule has 0 bridgehead atoms. The Kier molecular flexibility index (Phi) is 14.3. The van der Waals surface area contributed by atoms with Crippen LogP contribution in [-0.2, 0) is 14.4 Å². The van der Waals surface area contributed by atoms with E-state index < -0.39 is 5.97 Å². The zero-order valence-corrected chi connectivity index (χ0v) is 24.5. The molecule has 2 aliphatic carbocycles. The van der Waals surface area contributed by atoms with Gasteiger partial charge in [0.2, 0.25) is 0 Å². The second kappa shape index (κ2) is 17.9. The van der Waals surface area contributed by atoms with Gasteiger partial charge in [-0.3, -0.25) is 24.5 Å². The van der Waals surface area contributed by atoms with Gasteiger partial charge in [-0.2, -0.15) is 0 Å². The van der Waals surface area contributed by atoms with Gasteiger partial charge in [0.15, 0.2) is 0 Å². The number of aliphatic carboxylic acids is 1. The first-order valence-corrected chi connectivity index (χ1v) is 16.0. The molecule has 1 aromatic rings. The summed E-state index contributed by atoms with van der Waals surface area (Å²) in [6, 6.07) is 6.92. The quantitative estimate of drug-likeness (QED) is 0.112. The first-order valence-electron chi connectivity index (χ1n) is 15.2. The molecule has 1 heterocycles. The van der Waals surface area contributed by atoms with Gasteiger partial charge >= 0.3 is 11.9 Å². The van der Waals surface area contributed by atoms with Gasteiger partial charge in [0.1, 0.15) is 5.75 Å². The average Bonchev–Trinajstić information content (AvgIpc) is 3.27. The highest BCUT2D eigenvalue weighted by Crippen LogP contribution is 2.29. The first kappa shape index (κ1) is 31.9. The average molecular weight is 572 g/mol. The van der Waals surface area contributed by atoms with E-state index >= 15 is 0 Å². The summed E-state index contributed by atoms with van der Waals surface area (Å²) in [5, 5.41) is 10.3. The van der Waals surface area contributed by atoms with Crippen LogP contribution in [0.15, 0.2) is 29.2 Å². The Labute approximate surface area is 242 Å². The number of thioether (sulfide) groups is 1. The Morgan fingerprint density at radius 3 is 1.88 bits per heavy atom. The van der Waals surface area contributed by atoms with Crippen LogP contribution in [0.25, 0.3) is 6.08 Å². The van der Waals surface area contributed by atoms with E-state index in [9.17, 15) is 19.2 Å². The van der Waals surface area contributed by atoms with Gasteiger partial charge in [0.05, 0.1) is 4.91 Å². The zero-order chi connectivity index (χ0) is 28.6. The molecule has 0 aromatic heterocycles. The summed E-state index contributed by atoms with van der Waals surface area (Å²) < 4.78 is 5.37. The number of carboxylic acid groups (broad SMARTS) is 1. The highest BCUT2D eigenvalue weighted by Gasteiger charge is 2.24. The minimum absolute atomic E-state index is 0.207. The summed E-state index contributed by atoms with van der Waals surface area (Å²) in [4.78, 5) is 45.3. The molecule has 8 heteroatoms. The maximum absolute atomic E-state index is 12.0. The molecular formula is C32H45NO6S. The summed E-state index contributed by atoms with van der Waals surface area (Å²) in [5.41, 5.74) is 0.773. The SMILES string of the molecule is O=C(CCCCC1CCCCC1)Oc1ccc(/C=C2\SC(=O)NC2=O)cc1.O=C(O)CCCCC1CCCCC1. The molecule has 3 aliphatic rings. The van der Waals surface area contributed by atoms with E-state index in [0.717, 1.165) is 54.8 Å². The number of rotatable bonds is 12. The van der Waals surface area contributed by atoms with E-state index in [4.69, 9.17) is 9.84 Å².